The van der Waals surface area contributed by atoms with E-state index in [1.165, 1.54) is 4.68 Å². The van der Waals surface area contributed by atoms with Crippen LogP contribution in [0.3, 0.4) is 0 Å². The molecule has 0 aliphatic heterocycles. The van der Waals surface area contributed by atoms with Gasteiger partial charge in [-0.1, -0.05) is 42.0 Å². The molecule has 152 valence electrons. The van der Waals surface area contributed by atoms with E-state index in [1.807, 2.05) is 19.1 Å². The summed E-state index contributed by atoms with van der Waals surface area (Å²) in [6.45, 7) is 3.61. The Morgan fingerprint density at radius 3 is 2.14 bits per heavy atom. The van der Waals surface area contributed by atoms with E-state index in [2.05, 4.69) is 16.1 Å². The van der Waals surface area contributed by atoms with Gasteiger partial charge in [0.25, 0.3) is 0 Å². The molecule has 0 radical (unpaired) electrons. The fraction of sp³-hybridized carbons (Fsp3) is 0.0909. The number of hydrogen-bond donors (Lipinski definition) is 1. The molecule has 0 saturated heterocycles. The van der Waals surface area contributed by atoms with Crippen LogP contribution in [0.2, 0.25) is 0 Å². The number of nitrogens with zero attached hydrogens (tertiary/aromatic N) is 3. The number of phenolic OH excluding ortho intramolecular Hbond substituents is 1. The molecule has 4 nitrogen and oxygen atoms in total. The third kappa shape index (κ3) is 5.58. The summed E-state index contributed by atoms with van der Waals surface area (Å²) in [6, 6.07) is 19.2. The summed E-state index contributed by atoms with van der Waals surface area (Å²) in [7, 11) is 0. The van der Waals surface area contributed by atoms with Crippen molar-refractivity contribution in [3.63, 3.8) is 0 Å². The van der Waals surface area contributed by atoms with Crippen molar-refractivity contribution in [1.82, 2.24) is 14.8 Å². The van der Waals surface area contributed by atoms with Gasteiger partial charge >= 0.3 is 0 Å². The number of aromatic hydroxyl groups is 1. The van der Waals surface area contributed by atoms with E-state index >= 15 is 0 Å². The van der Waals surface area contributed by atoms with Crippen molar-refractivity contribution in [3.05, 3.63) is 95.9 Å². The Balaban J connectivity index is 0.000000319. The fourth-order valence-electron chi connectivity index (χ4n) is 2.62. The number of rotatable bonds is 2. The largest absolute Gasteiger partial charge is 0.508 e. The van der Waals surface area contributed by atoms with Gasteiger partial charge in [-0.05, 0) is 43.8 Å². The van der Waals surface area contributed by atoms with Gasteiger partial charge in [-0.25, -0.2) is 0 Å². The van der Waals surface area contributed by atoms with Gasteiger partial charge in [0, 0.05) is 44.5 Å². The predicted octanol–water partition coefficient (Wildman–Crippen LogP) is 5.02. The molecule has 4 rings (SSSR count). The summed E-state index contributed by atoms with van der Waals surface area (Å²) >= 11 is 0. The van der Waals surface area contributed by atoms with Gasteiger partial charge in [-0.15, -0.1) is 6.07 Å². The van der Waals surface area contributed by atoms with Crippen molar-refractivity contribution in [1.29, 1.82) is 0 Å². The van der Waals surface area contributed by atoms with Crippen LogP contribution >= 0.6 is 0 Å². The molecule has 7 heteroatoms. The molecule has 4 aromatic rings. The molecule has 2 aromatic carbocycles. The van der Waals surface area contributed by atoms with Crippen LogP contribution in [0.25, 0.3) is 16.9 Å². The average Bonchev–Trinajstić information content (AvgIpc) is 3.02. The third-order valence-electron chi connectivity index (χ3n) is 3.86. The number of hydrogen-bond acceptors (Lipinski definition) is 3. The zero-order chi connectivity index (χ0) is 20.1. The quantitative estimate of drug-likeness (QED) is 0.343. The summed E-state index contributed by atoms with van der Waals surface area (Å²) < 4.78 is 29.5. The number of aromatic nitrogens is 3. The molecule has 0 spiro atoms. The Bertz CT molecular complexity index is 1070. The van der Waals surface area contributed by atoms with Gasteiger partial charge in [0.2, 0.25) is 0 Å². The normalized spacial score (nSPS) is 9.93. The van der Waals surface area contributed by atoms with Gasteiger partial charge in [0.1, 0.15) is 5.75 Å². The van der Waals surface area contributed by atoms with E-state index < -0.39 is 11.6 Å². The first-order chi connectivity index (χ1) is 13.5. The Kier molecular flexibility index (Phi) is 7.80. The van der Waals surface area contributed by atoms with Crippen molar-refractivity contribution in [2.45, 2.75) is 13.8 Å². The van der Waals surface area contributed by atoms with Gasteiger partial charge in [-0.3, -0.25) is 13.5 Å². The maximum atomic E-state index is 14.1. The summed E-state index contributed by atoms with van der Waals surface area (Å²) in [5.41, 5.74) is 2.12. The van der Waals surface area contributed by atoms with Gasteiger partial charge in [-0.2, -0.15) is 5.10 Å². The molecule has 29 heavy (non-hydrogen) atoms. The SMILES string of the molecule is Cc1cc(C)n(-c2[c-]c(-c3ccccn3)c(F)cc2F)n1.Oc1ccccc1.[Pt]. The summed E-state index contributed by atoms with van der Waals surface area (Å²) in [4.78, 5) is 4.08. The van der Waals surface area contributed by atoms with Crippen LogP contribution in [0.1, 0.15) is 11.4 Å². The second-order valence-corrected chi connectivity index (χ2v) is 6.08. The molecule has 2 aromatic heterocycles. The first kappa shape index (κ1) is 22.4. The Hall–Kier alpha value is -2.85. The maximum absolute atomic E-state index is 14.1. The van der Waals surface area contributed by atoms with Gasteiger partial charge in [0.05, 0.1) is 11.5 Å². The zero-order valence-corrected chi connectivity index (χ0v) is 18.0. The molecule has 1 N–H and O–H groups in total. The van der Waals surface area contributed by atoms with Crippen LogP contribution in [-0.2, 0) is 21.1 Å². The summed E-state index contributed by atoms with van der Waals surface area (Å²) in [6.07, 6.45) is 1.55. The second kappa shape index (κ2) is 10.1. The Morgan fingerprint density at radius 1 is 0.931 bits per heavy atom. The van der Waals surface area contributed by atoms with Crippen molar-refractivity contribution in [2.75, 3.05) is 0 Å². The standard InChI is InChI=1S/C16H12F2N3.C6H6O.Pt/c1-10-7-11(2)21(20-10)16-8-12(13(17)9-14(16)18)15-5-3-4-6-19-15;7-6-4-2-1-3-5-6;/h3-7,9H,1-2H3;1-5,7H;/q-1;;. The van der Waals surface area contributed by atoms with Gasteiger partial charge < -0.3 is 10.1 Å². The zero-order valence-electron chi connectivity index (χ0n) is 15.7. The first-order valence-corrected chi connectivity index (χ1v) is 8.56. The molecule has 0 saturated carbocycles. The number of phenols is 1. The van der Waals surface area contributed by atoms with Crippen LogP contribution in [-0.4, -0.2) is 19.9 Å². The second-order valence-electron chi connectivity index (χ2n) is 6.08. The van der Waals surface area contributed by atoms with Crippen LogP contribution in [0.15, 0.2) is 66.9 Å². The fourth-order valence-corrected chi connectivity index (χ4v) is 2.62. The molecular weight excluding hydrogens is 555 g/mol. The van der Waals surface area contributed by atoms with E-state index in [1.54, 1.807) is 55.6 Å². The monoisotopic (exact) mass is 573 g/mol. The average molecular weight is 573 g/mol. The molecule has 2 heterocycles. The molecule has 0 unspecified atom stereocenters. The maximum Gasteiger partial charge on any atom is 0.115 e. The number of para-hydroxylation sites is 1. The minimum Gasteiger partial charge on any atom is -0.508 e. The van der Waals surface area contributed by atoms with Crippen molar-refractivity contribution in [2.24, 2.45) is 0 Å². The molecule has 0 aliphatic carbocycles. The third-order valence-corrected chi connectivity index (χ3v) is 3.86. The van der Waals surface area contributed by atoms with E-state index in [4.69, 9.17) is 5.11 Å². The Morgan fingerprint density at radius 2 is 1.62 bits per heavy atom. The minimum atomic E-state index is -0.710. The molecule has 0 bridgehead atoms. The molecule has 0 aliphatic rings. The smallest absolute Gasteiger partial charge is 0.115 e. The molecule has 0 fully saturated rings. The summed E-state index contributed by atoms with van der Waals surface area (Å²) in [5, 5.41) is 12.8. The Labute approximate surface area is 182 Å². The van der Waals surface area contributed by atoms with E-state index in [-0.39, 0.29) is 32.3 Å². The van der Waals surface area contributed by atoms with Crippen LogP contribution < -0.4 is 0 Å². The molecular formula is C22H18F2N3OPt-. The van der Waals surface area contributed by atoms with Crippen molar-refractivity contribution < 1.29 is 35.0 Å². The molecule has 0 amide bonds. The first-order valence-electron chi connectivity index (χ1n) is 8.56. The van der Waals surface area contributed by atoms with Crippen LogP contribution in [0.4, 0.5) is 8.78 Å². The molecule has 0 atom stereocenters. The predicted molar refractivity (Wildman–Crippen MR) is 103 cm³/mol. The summed E-state index contributed by atoms with van der Waals surface area (Å²) in [5.74, 6) is -1.09. The number of pyridine rings is 1. The number of halogens is 2. The topological polar surface area (TPSA) is 50.9 Å². The van der Waals surface area contributed by atoms with Crippen molar-refractivity contribution >= 4 is 0 Å². The van der Waals surface area contributed by atoms with E-state index in [9.17, 15) is 8.78 Å². The van der Waals surface area contributed by atoms with E-state index in [0.29, 0.717) is 11.4 Å². The van der Waals surface area contributed by atoms with Crippen molar-refractivity contribution in [3.8, 4) is 22.7 Å². The van der Waals surface area contributed by atoms with Gasteiger partial charge in [0.15, 0.2) is 0 Å². The number of aryl methyl sites for hydroxylation is 2. The van der Waals surface area contributed by atoms with E-state index in [0.717, 1.165) is 17.5 Å². The van der Waals surface area contributed by atoms with Crippen LogP contribution in [0.5, 0.6) is 5.75 Å². The van der Waals surface area contributed by atoms with Crippen LogP contribution in [0, 0.1) is 31.5 Å². The number of benzene rings is 2. The minimum absolute atomic E-state index is 0.